The fourth-order valence-electron chi connectivity index (χ4n) is 2.29. The van der Waals surface area contributed by atoms with Crippen molar-refractivity contribution in [1.82, 2.24) is 0 Å². The van der Waals surface area contributed by atoms with Gasteiger partial charge in [-0.05, 0) is 35.8 Å². The summed E-state index contributed by atoms with van der Waals surface area (Å²) in [4.78, 5) is 0. The molecule has 0 fully saturated rings. The minimum Gasteiger partial charge on any atom is -0.388 e. The molecule has 3 atom stereocenters. The van der Waals surface area contributed by atoms with E-state index in [1.54, 1.807) is 0 Å². The van der Waals surface area contributed by atoms with Crippen molar-refractivity contribution >= 4 is 0 Å². The highest BCUT2D eigenvalue weighted by Crippen LogP contribution is 2.35. The van der Waals surface area contributed by atoms with Crippen molar-refractivity contribution in [2.24, 2.45) is 11.8 Å². The summed E-state index contributed by atoms with van der Waals surface area (Å²) < 4.78 is 0. The second kappa shape index (κ2) is 3.74. The molecule has 0 radical (unpaired) electrons. The van der Waals surface area contributed by atoms with Crippen LogP contribution >= 0.6 is 0 Å². The van der Waals surface area contributed by atoms with E-state index in [1.807, 2.05) is 6.07 Å². The molecule has 0 amide bonds. The molecule has 1 aromatic carbocycles. The highest BCUT2D eigenvalue weighted by molar-refractivity contribution is 5.30. The van der Waals surface area contributed by atoms with Gasteiger partial charge in [0.05, 0.1) is 6.10 Å². The lowest BCUT2D eigenvalue weighted by Gasteiger charge is -2.22. The minimum atomic E-state index is -0.274. The Morgan fingerprint density at radius 2 is 1.93 bits per heavy atom. The lowest BCUT2D eigenvalue weighted by molar-refractivity contribution is 0.0896. The number of hydrogen-bond acceptors (Lipinski definition) is 1. The monoisotopic (exact) mass is 190 g/mol. The highest BCUT2D eigenvalue weighted by Gasteiger charge is 2.26. The zero-order valence-electron chi connectivity index (χ0n) is 8.90. The molecule has 0 heterocycles. The summed E-state index contributed by atoms with van der Waals surface area (Å²) >= 11 is 0. The maximum atomic E-state index is 10.2. The van der Waals surface area contributed by atoms with Crippen molar-refractivity contribution < 1.29 is 5.11 Å². The Labute approximate surface area is 85.8 Å². The van der Waals surface area contributed by atoms with Gasteiger partial charge in [0.1, 0.15) is 0 Å². The molecular formula is C13H18O. The van der Waals surface area contributed by atoms with Crippen LogP contribution in [-0.2, 0) is 6.42 Å². The number of benzene rings is 1. The van der Waals surface area contributed by atoms with Crippen molar-refractivity contribution in [2.45, 2.75) is 32.8 Å². The van der Waals surface area contributed by atoms with E-state index in [9.17, 15) is 5.11 Å². The van der Waals surface area contributed by atoms with Gasteiger partial charge in [-0.25, -0.2) is 0 Å². The van der Waals surface area contributed by atoms with Gasteiger partial charge in [-0.1, -0.05) is 38.1 Å². The third kappa shape index (κ3) is 1.57. The maximum absolute atomic E-state index is 10.2. The molecule has 0 aromatic heterocycles. The molecule has 76 valence electrons. The standard InChI is InChI=1S/C13H18O/c1-9-7-8-11-5-3-4-6-12(11)13(14)10(9)2/h3-6,9-10,13-14H,7-8H2,1-2H3. The number of hydrogen-bond donors (Lipinski definition) is 1. The van der Waals surface area contributed by atoms with Gasteiger partial charge in [-0.15, -0.1) is 0 Å². The van der Waals surface area contributed by atoms with Gasteiger partial charge >= 0.3 is 0 Å². The van der Waals surface area contributed by atoms with E-state index in [0.717, 1.165) is 12.0 Å². The van der Waals surface area contributed by atoms with Gasteiger partial charge < -0.3 is 5.11 Å². The van der Waals surface area contributed by atoms with Crippen molar-refractivity contribution in [3.63, 3.8) is 0 Å². The van der Waals surface area contributed by atoms with Crippen LogP contribution in [0.1, 0.15) is 37.5 Å². The zero-order chi connectivity index (χ0) is 10.1. The Hall–Kier alpha value is -0.820. The van der Waals surface area contributed by atoms with Crippen LogP contribution in [0.3, 0.4) is 0 Å². The Bertz CT molecular complexity index is 319. The molecule has 1 aliphatic rings. The molecule has 1 N–H and O–H groups in total. The summed E-state index contributed by atoms with van der Waals surface area (Å²) in [6.45, 7) is 4.39. The number of fused-ring (bicyclic) bond motifs is 1. The zero-order valence-corrected chi connectivity index (χ0v) is 8.90. The van der Waals surface area contributed by atoms with Gasteiger partial charge in [-0.3, -0.25) is 0 Å². The summed E-state index contributed by atoms with van der Waals surface area (Å²) in [5.74, 6) is 0.982. The van der Waals surface area contributed by atoms with Crippen molar-refractivity contribution in [3.8, 4) is 0 Å². The average Bonchev–Trinajstić information content (AvgIpc) is 2.32. The molecule has 1 aromatic rings. The van der Waals surface area contributed by atoms with Gasteiger partial charge in [0, 0.05) is 0 Å². The molecule has 3 unspecified atom stereocenters. The molecule has 1 heteroatoms. The largest absolute Gasteiger partial charge is 0.388 e. The third-order valence-corrected chi connectivity index (χ3v) is 3.64. The van der Waals surface area contributed by atoms with Gasteiger partial charge in [0.2, 0.25) is 0 Å². The SMILES string of the molecule is CC1CCc2ccccc2C(O)C1C. The van der Waals surface area contributed by atoms with Crippen molar-refractivity contribution in [3.05, 3.63) is 35.4 Å². The summed E-state index contributed by atoms with van der Waals surface area (Å²) in [5, 5.41) is 10.2. The summed E-state index contributed by atoms with van der Waals surface area (Å²) in [6.07, 6.45) is 2.03. The average molecular weight is 190 g/mol. The van der Waals surface area contributed by atoms with Crippen LogP contribution in [-0.4, -0.2) is 5.11 Å². The first-order chi connectivity index (χ1) is 6.70. The van der Waals surface area contributed by atoms with E-state index in [2.05, 4.69) is 32.0 Å². The van der Waals surface area contributed by atoms with Crippen molar-refractivity contribution in [2.75, 3.05) is 0 Å². The second-order valence-electron chi connectivity index (χ2n) is 4.52. The predicted octanol–water partition coefficient (Wildman–Crippen LogP) is 2.94. The lowest BCUT2D eigenvalue weighted by atomic mass is 9.88. The fraction of sp³-hybridized carbons (Fsp3) is 0.538. The lowest BCUT2D eigenvalue weighted by Crippen LogP contribution is -2.15. The Morgan fingerprint density at radius 3 is 2.71 bits per heavy atom. The Balaban J connectivity index is 2.40. The topological polar surface area (TPSA) is 20.2 Å². The van der Waals surface area contributed by atoms with E-state index >= 15 is 0 Å². The van der Waals surface area contributed by atoms with Gasteiger partial charge in [0.25, 0.3) is 0 Å². The van der Waals surface area contributed by atoms with E-state index in [0.29, 0.717) is 11.8 Å². The smallest absolute Gasteiger partial charge is 0.0820 e. The molecule has 0 saturated heterocycles. The first kappa shape index (κ1) is 9.72. The van der Waals surface area contributed by atoms with E-state index in [1.165, 1.54) is 12.0 Å². The summed E-state index contributed by atoms with van der Waals surface area (Å²) in [7, 11) is 0. The molecule has 2 rings (SSSR count). The van der Waals surface area contributed by atoms with Crippen LogP contribution in [0.5, 0.6) is 0 Å². The molecule has 0 saturated carbocycles. The fourth-order valence-corrected chi connectivity index (χ4v) is 2.29. The van der Waals surface area contributed by atoms with Crippen LogP contribution in [0.15, 0.2) is 24.3 Å². The third-order valence-electron chi connectivity index (χ3n) is 3.64. The van der Waals surface area contributed by atoms with Crippen LogP contribution in [0.4, 0.5) is 0 Å². The van der Waals surface area contributed by atoms with Crippen LogP contribution in [0.25, 0.3) is 0 Å². The second-order valence-corrected chi connectivity index (χ2v) is 4.52. The van der Waals surface area contributed by atoms with Crippen LogP contribution in [0, 0.1) is 11.8 Å². The number of rotatable bonds is 0. The Morgan fingerprint density at radius 1 is 1.21 bits per heavy atom. The number of aliphatic hydroxyl groups is 1. The first-order valence-electron chi connectivity index (χ1n) is 5.46. The number of aryl methyl sites for hydroxylation is 1. The predicted molar refractivity (Wildman–Crippen MR) is 58.1 cm³/mol. The normalized spacial score (nSPS) is 32.1. The van der Waals surface area contributed by atoms with E-state index < -0.39 is 0 Å². The quantitative estimate of drug-likeness (QED) is 0.624. The van der Waals surface area contributed by atoms with Crippen LogP contribution < -0.4 is 0 Å². The molecular weight excluding hydrogens is 172 g/mol. The molecule has 1 nitrogen and oxygen atoms in total. The van der Waals surface area contributed by atoms with E-state index in [-0.39, 0.29) is 6.10 Å². The molecule has 0 spiro atoms. The number of aliphatic hydroxyl groups excluding tert-OH is 1. The van der Waals surface area contributed by atoms with Gasteiger partial charge in [0.15, 0.2) is 0 Å². The summed E-state index contributed by atoms with van der Waals surface area (Å²) in [6, 6.07) is 8.29. The maximum Gasteiger partial charge on any atom is 0.0820 e. The van der Waals surface area contributed by atoms with Gasteiger partial charge in [-0.2, -0.15) is 0 Å². The summed E-state index contributed by atoms with van der Waals surface area (Å²) in [5.41, 5.74) is 2.47. The van der Waals surface area contributed by atoms with Crippen molar-refractivity contribution in [1.29, 1.82) is 0 Å². The minimum absolute atomic E-state index is 0.274. The van der Waals surface area contributed by atoms with Crippen LogP contribution in [0.2, 0.25) is 0 Å². The molecule has 14 heavy (non-hydrogen) atoms. The highest BCUT2D eigenvalue weighted by atomic mass is 16.3. The van der Waals surface area contributed by atoms with E-state index in [4.69, 9.17) is 0 Å². The Kier molecular flexibility index (Phi) is 2.60. The molecule has 0 bridgehead atoms. The first-order valence-corrected chi connectivity index (χ1v) is 5.46. The molecule has 1 aliphatic carbocycles. The molecule has 0 aliphatic heterocycles.